The van der Waals surface area contributed by atoms with Crippen LogP contribution in [0, 0.1) is 11.7 Å². The van der Waals surface area contributed by atoms with Crippen LogP contribution in [0.5, 0.6) is 0 Å². The van der Waals surface area contributed by atoms with Crippen molar-refractivity contribution in [1.82, 2.24) is 0 Å². The van der Waals surface area contributed by atoms with E-state index in [0.717, 1.165) is 25.1 Å². The maximum absolute atomic E-state index is 13.1. The van der Waals surface area contributed by atoms with Crippen LogP contribution in [-0.2, 0) is 0 Å². The van der Waals surface area contributed by atoms with Gasteiger partial charge < -0.3 is 10.6 Å². The average Bonchev–Trinajstić information content (AvgIpc) is 2.72. The molecule has 0 saturated heterocycles. The van der Waals surface area contributed by atoms with E-state index in [-0.39, 0.29) is 5.82 Å². The predicted octanol–water partition coefficient (Wildman–Crippen LogP) is 2.78. The third-order valence-corrected chi connectivity index (χ3v) is 3.80. The molecule has 0 aliphatic heterocycles. The second-order valence-corrected chi connectivity index (χ2v) is 5.04. The molecule has 1 saturated carbocycles. The van der Waals surface area contributed by atoms with Crippen molar-refractivity contribution >= 4 is 5.69 Å². The molecular weight excluding hydrogens is 215 g/mol. The summed E-state index contributed by atoms with van der Waals surface area (Å²) in [7, 11) is 2.01. The number of rotatable bonds is 4. The molecule has 1 aromatic carbocycles. The van der Waals surface area contributed by atoms with Crippen LogP contribution in [0.2, 0.25) is 0 Å². The summed E-state index contributed by atoms with van der Waals surface area (Å²) in [6.07, 6.45) is 4.77. The Morgan fingerprint density at radius 3 is 2.88 bits per heavy atom. The fraction of sp³-hybridized carbons (Fsp3) is 0.571. The topological polar surface area (TPSA) is 29.3 Å². The molecule has 3 heteroatoms. The lowest BCUT2D eigenvalue weighted by molar-refractivity contribution is 0.449. The van der Waals surface area contributed by atoms with Gasteiger partial charge in [0, 0.05) is 25.3 Å². The molecule has 17 heavy (non-hydrogen) atoms. The maximum atomic E-state index is 13.1. The van der Waals surface area contributed by atoms with Gasteiger partial charge in [-0.1, -0.05) is 12.5 Å². The highest BCUT2D eigenvalue weighted by Crippen LogP contribution is 2.27. The van der Waals surface area contributed by atoms with Gasteiger partial charge in [0.05, 0.1) is 0 Å². The second kappa shape index (κ2) is 5.50. The van der Waals surface area contributed by atoms with Crippen LogP contribution in [0.1, 0.15) is 25.7 Å². The third-order valence-electron chi connectivity index (χ3n) is 3.80. The first kappa shape index (κ1) is 12.4. The van der Waals surface area contributed by atoms with E-state index in [1.165, 1.54) is 18.9 Å². The highest BCUT2D eigenvalue weighted by atomic mass is 19.1. The van der Waals surface area contributed by atoms with Gasteiger partial charge in [0.2, 0.25) is 0 Å². The Morgan fingerprint density at radius 1 is 1.41 bits per heavy atom. The summed E-state index contributed by atoms with van der Waals surface area (Å²) >= 11 is 0. The number of halogens is 1. The van der Waals surface area contributed by atoms with Crippen molar-refractivity contribution in [2.45, 2.75) is 31.7 Å². The Hall–Kier alpha value is -1.09. The molecule has 0 heterocycles. The predicted molar refractivity (Wildman–Crippen MR) is 69.6 cm³/mol. The number of nitrogens with zero attached hydrogens (tertiary/aromatic N) is 1. The Kier molecular flexibility index (Phi) is 4.00. The van der Waals surface area contributed by atoms with E-state index in [2.05, 4.69) is 4.90 Å². The lowest BCUT2D eigenvalue weighted by Crippen LogP contribution is -2.28. The van der Waals surface area contributed by atoms with Gasteiger partial charge in [-0.05, 0) is 43.4 Å². The van der Waals surface area contributed by atoms with Crippen molar-refractivity contribution in [3.05, 3.63) is 30.1 Å². The molecule has 0 bridgehead atoms. The van der Waals surface area contributed by atoms with Crippen LogP contribution in [0.25, 0.3) is 0 Å². The van der Waals surface area contributed by atoms with Gasteiger partial charge in [0.25, 0.3) is 0 Å². The smallest absolute Gasteiger partial charge is 0.125 e. The molecule has 0 aromatic heterocycles. The first-order valence-corrected chi connectivity index (χ1v) is 6.39. The van der Waals surface area contributed by atoms with E-state index in [1.54, 1.807) is 12.1 Å². The van der Waals surface area contributed by atoms with Gasteiger partial charge >= 0.3 is 0 Å². The molecule has 1 aliphatic carbocycles. The van der Waals surface area contributed by atoms with Gasteiger partial charge in [0.15, 0.2) is 0 Å². The van der Waals surface area contributed by atoms with Gasteiger partial charge in [-0.15, -0.1) is 0 Å². The number of nitrogens with two attached hydrogens (primary N) is 1. The van der Waals surface area contributed by atoms with E-state index in [0.29, 0.717) is 12.0 Å². The van der Waals surface area contributed by atoms with Gasteiger partial charge in [-0.25, -0.2) is 4.39 Å². The molecule has 2 N–H and O–H groups in total. The summed E-state index contributed by atoms with van der Waals surface area (Å²) in [5.74, 6) is 0.470. The number of benzene rings is 1. The standard InChI is InChI=1S/C14H21FN2/c1-17(13-6-3-5-12(15)10-13)9-8-11-4-2-7-14(11)16/h3,5-6,10-11,14H,2,4,7-9,16H2,1H3. The molecule has 2 nitrogen and oxygen atoms in total. The quantitative estimate of drug-likeness (QED) is 0.871. The largest absolute Gasteiger partial charge is 0.375 e. The van der Waals surface area contributed by atoms with Crippen LogP contribution >= 0.6 is 0 Å². The first-order valence-electron chi connectivity index (χ1n) is 6.39. The van der Waals surface area contributed by atoms with E-state index >= 15 is 0 Å². The molecule has 1 fully saturated rings. The fourth-order valence-electron chi connectivity index (χ4n) is 2.63. The van der Waals surface area contributed by atoms with Crippen LogP contribution in [0.3, 0.4) is 0 Å². The summed E-state index contributed by atoms with van der Waals surface area (Å²) in [6, 6.07) is 7.12. The Labute approximate surface area is 103 Å². The van der Waals surface area contributed by atoms with E-state index in [9.17, 15) is 4.39 Å². The summed E-state index contributed by atoms with van der Waals surface area (Å²) in [5.41, 5.74) is 6.99. The lowest BCUT2D eigenvalue weighted by atomic mass is 10.00. The van der Waals surface area contributed by atoms with Gasteiger partial charge in [-0.3, -0.25) is 0 Å². The van der Waals surface area contributed by atoms with Gasteiger partial charge in [-0.2, -0.15) is 0 Å². The van der Waals surface area contributed by atoms with E-state index in [1.807, 2.05) is 13.1 Å². The monoisotopic (exact) mass is 236 g/mol. The van der Waals surface area contributed by atoms with Crippen LogP contribution in [-0.4, -0.2) is 19.6 Å². The van der Waals surface area contributed by atoms with Crippen LogP contribution in [0.15, 0.2) is 24.3 Å². The van der Waals surface area contributed by atoms with Crippen molar-refractivity contribution in [1.29, 1.82) is 0 Å². The maximum Gasteiger partial charge on any atom is 0.125 e. The summed E-state index contributed by atoms with van der Waals surface area (Å²) in [5, 5.41) is 0. The summed E-state index contributed by atoms with van der Waals surface area (Å²) in [4.78, 5) is 2.11. The molecule has 2 rings (SSSR count). The number of hydrogen-bond donors (Lipinski definition) is 1. The summed E-state index contributed by atoms with van der Waals surface area (Å²) < 4.78 is 13.1. The average molecular weight is 236 g/mol. The molecule has 94 valence electrons. The molecular formula is C14H21FN2. The SMILES string of the molecule is CN(CCC1CCCC1N)c1cccc(F)c1. The number of hydrogen-bond acceptors (Lipinski definition) is 2. The zero-order valence-electron chi connectivity index (χ0n) is 10.4. The minimum Gasteiger partial charge on any atom is -0.375 e. The van der Waals surface area contributed by atoms with E-state index < -0.39 is 0 Å². The Morgan fingerprint density at radius 2 is 2.24 bits per heavy atom. The van der Waals surface area contributed by atoms with Crippen molar-refractivity contribution in [3.63, 3.8) is 0 Å². The second-order valence-electron chi connectivity index (χ2n) is 5.04. The van der Waals surface area contributed by atoms with Crippen molar-refractivity contribution in [3.8, 4) is 0 Å². The lowest BCUT2D eigenvalue weighted by Gasteiger charge is -2.23. The minimum absolute atomic E-state index is 0.174. The molecule has 2 atom stereocenters. The van der Waals surface area contributed by atoms with Gasteiger partial charge in [0.1, 0.15) is 5.82 Å². The first-order chi connectivity index (χ1) is 8.16. The van der Waals surface area contributed by atoms with Crippen molar-refractivity contribution < 1.29 is 4.39 Å². The molecule has 0 radical (unpaired) electrons. The molecule has 1 aliphatic rings. The molecule has 2 unspecified atom stereocenters. The fourth-order valence-corrected chi connectivity index (χ4v) is 2.63. The van der Waals surface area contributed by atoms with Crippen molar-refractivity contribution in [2.75, 3.05) is 18.5 Å². The Balaban J connectivity index is 1.86. The highest BCUT2D eigenvalue weighted by molar-refractivity contribution is 5.45. The van der Waals surface area contributed by atoms with E-state index in [4.69, 9.17) is 5.73 Å². The third kappa shape index (κ3) is 3.19. The normalized spacial score (nSPS) is 23.9. The summed E-state index contributed by atoms with van der Waals surface area (Å²) in [6.45, 7) is 0.946. The van der Waals surface area contributed by atoms with Crippen LogP contribution < -0.4 is 10.6 Å². The Bertz CT molecular complexity index is 367. The highest BCUT2D eigenvalue weighted by Gasteiger charge is 2.23. The van der Waals surface area contributed by atoms with Crippen molar-refractivity contribution in [2.24, 2.45) is 11.7 Å². The number of anilines is 1. The molecule has 1 aromatic rings. The molecule has 0 amide bonds. The zero-order chi connectivity index (χ0) is 12.3. The zero-order valence-corrected chi connectivity index (χ0v) is 10.4. The van der Waals surface area contributed by atoms with Crippen LogP contribution in [0.4, 0.5) is 10.1 Å². The minimum atomic E-state index is -0.174. The molecule has 0 spiro atoms.